The lowest BCUT2D eigenvalue weighted by molar-refractivity contribution is 0.0787. The summed E-state index contributed by atoms with van der Waals surface area (Å²) < 4.78 is 20.7. The zero-order valence-corrected chi connectivity index (χ0v) is 24.6. The predicted octanol–water partition coefficient (Wildman–Crippen LogP) is 4.22. The Kier molecular flexibility index (Phi) is 13.2. The van der Waals surface area contributed by atoms with Crippen molar-refractivity contribution in [3.05, 3.63) is 53.4 Å². The number of aromatic nitrogens is 5. The second-order valence-corrected chi connectivity index (χ2v) is 9.07. The summed E-state index contributed by atoms with van der Waals surface area (Å²) in [6.07, 6.45) is 19.7. The molecule has 4 N–H and O–H groups in total. The van der Waals surface area contributed by atoms with Crippen molar-refractivity contribution < 1.29 is 13.9 Å². The Morgan fingerprint density at radius 3 is 2.34 bits per heavy atom. The maximum absolute atomic E-state index is 14.3. The molecule has 0 bridgehead atoms. The smallest absolute Gasteiger partial charge is 0.272 e. The Morgan fingerprint density at radius 2 is 1.78 bits per heavy atom. The number of halogens is 1. The maximum atomic E-state index is 14.3. The van der Waals surface area contributed by atoms with Crippen molar-refractivity contribution in [1.82, 2.24) is 29.5 Å². The first kappa shape index (κ1) is 34.3. The number of unbranched alkanes of at least 4 members (excludes halogenated alkanes) is 1. The molecule has 0 fully saturated rings. The fourth-order valence-corrected chi connectivity index (χ4v) is 3.77. The summed E-state index contributed by atoms with van der Waals surface area (Å²) in [5.74, 6) is 0.141. The number of amides is 1. The van der Waals surface area contributed by atoms with E-state index in [9.17, 15) is 9.18 Å². The molecule has 1 aromatic carbocycles. The molecule has 41 heavy (non-hydrogen) atoms. The van der Waals surface area contributed by atoms with E-state index in [4.69, 9.17) is 16.2 Å². The number of benzene rings is 1. The summed E-state index contributed by atoms with van der Waals surface area (Å²) in [7, 11) is 3.14. The standard InChI is InChI=1S/C24H29FN8O2.C2H6.2C2H2/c1-24(2,27)14-8-9-17(28-13-14)22(34)32(3)10-6-5-7-20-30-21-15-11-16(25)19(35-4)12-18(15)29-23(26)33(21)31-20;3*1-2/h8-9,11-13H,5-7,10,27H2,1-4H3,(H2,26,29);1-2H3;2*1-2H. The lowest BCUT2D eigenvalue weighted by atomic mass is 9.97. The zero-order chi connectivity index (χ0) is 31.3. The average Bonchev–Trinajstić information content (AvgIpc) is 3.43. The number of carbonyl (C=O) groups is 1. The highest BCUT2D eigenvalue weighted by Gasteiger charge is 2.18. The van der Waals surface area contributed by atoms with Crippen LogP contribution in [0.4, 0.5) is 10.3 Å². The maximum Gasteiger partial charge on any atom is 0.272 e. The molecule has 0 atom stereocenters. The van der Waals surface area contributed by atoms with Gasteiger partial charge in [0, 0.05) is 43.2 Å². The van der Waals surface area contributed by atoms with Crippen LogP contribution < -0.4 is 16.2 Å². The van der Waals surface area contributed by atoms with Crippen LogP contribution in [0, 0.1) is 31.5 Å². The predicted molar refractivity (Wildman–Crippen MR) is 162 cm³/mol. The molecule has 3 aromatic heterocycles. The summed E-state index contributed by atoms with van der Waals surface area (Å²) in [6.45, 7) is 8.33. The molecule has 0 aliphatic rings. The number of pyridine rings is 1. The molecule has 1 amide bonds. The van der Waals surface area contributed by atoms with Crippen LogP contribution in [0.3, 0.4) is 0 Å². The van der Waals surface area contributed by atoms with Crippen LogP contribution in [0.1, 0.15) is 62.4 Å². The number of anilines is 1. The van der Waals surface area contributed by atoms with Gasteiger partial charge in [0.2, 0.25) is 5.95 Å². The van der Waals surface area contributed by atoms with Crippen molar-refractivity contribution in [2.45, 2.75) is 52.5 Å². The van der Waals surface area contributed by atoms with Crippen LogP contribution in [0.15, 0.2) is 30.5 Å². The molecular formula is C30H39FN8O2. The van der Waals surface area contributed by atoms with E-state index in [2.05, 4.69) is 45.7 Å². The average molecular weight is 563 g/mol. The number of fused-ring (bicyclic) bond motifs is 3. The van der Waals surface area contributed by atoms with Gasteiger partial charge in [-0.25, -0.2) is 14.4 Å². The highest BCUT2D eigenvalue weighted by atomic mass is 19.1. The summed E-state index contributed by atoms with van der Waals surface area (Å²) >= 11 is 0. The molecular weight excluding hydrogens is 523 g/mol. The molecule has 0 aliphatic carbocycles. The Balaban J connectivity index is 0.00000131. The van der Waals surface area contributed by atoms with Crippen molar-refractivity contribution >= 4 is 28.4 Å². The SMILES string of the molecule is C#C.C#C.CC.COc1cc2nc(N)n3nc(CCCCN(C)C(=O)c4ccc(C(C)(C)N)cn4)nc3c2cc1F. The number of nitrogens with zero attached hydrogens (tertiary/aromatic N) is 6. The molecule has 218 valence electrons. The van der Waals surface area contributed by atoms with Crippen molar-refractivity contribution in [2.24, 2.45) is 5.73 Å². The Labute approximate surface area is 241 Å². The molecule has 0 saturated carbocycles. The molecule has 0 saturated heterocycles. The fraction of sp³-hybridized carbons (Fsp3) is 0.367. The second-order valence-electron chi connectivity index (χ2n) is 9.07. The van der Waals surface area contributed by atoms with Crippen LogP contribution in [0.25, 0.3) is 16.6 Å². The van der Waals surface area contributed by atoms with E-state index >= 15 is 0 Å². The Morgan fingerprint density at radius 1 is 1.12 bits per heavy atom. The van der Waals surface area contributed by atoms with E-state index in [1.54, 1.807) is 24.2 Å². The number of rotatable bonds is 8. The number of ether oxygens (including phenoxy) is 1. The van der Waals surface area contributed by atoms with Crippen LogP contribution in [0.5, 0.6) is 5.75 Å². The number of aryl methyl sites for hydroxylation is 1. The van der Waals surface area contributed by atoms with E-state index in [1.165, 1.54) is 23.8 Å². The number of hydrogen-bond donors (Lipinski definition) is 2. The van der Waals surface area contributed by atoms with E-state index in [-0.39, 0.29) is 17.6 Å². The number of carbonyl (C=O) groups excluding carboxylic acids is 1. The topological polar surface area (TPSA) is 138 Å². The molecule has 0 spiro atoms. The highest BCUT2D eigenvalue weighted by Crippen LogP contribution is 2.27. The zero-order valence-electron chi connectivity index (χ0n) is 24.6. The first-order valence-electron chi connectivity index (χ1n) is 12.9. The van der Waals surface area contributed by atoms with Gasteiger partial charge in [-0.3, -0.25) is 9.78 Å². The third-order valence-electron chi connectivity index (χ3n) is 5.83. The first-order valence-corrected chi connectivity index (χ1v) is 12.9. The van der Waals surface area contributed by atoms with E-state index in [1.807, 2.05) is 33.8 Å². The van der Waals surface area contributed by atoms with Gasteiger partial charge in [0.05, 0.1) is 12.6 Å². The fourth-order valence-electron chi connectivity index (χ4n) is 3.77. The minimum atomic E-state index is -0.513. The highest BCUT2D eigenvalue weighted by molar-refractivity contribution is 5.93. The Bertz CT molecular complexity index is 1460. The summed E-state index contributed by atoms with van der Waals surface area (Å²) in [5.41, 5.74) is 13.7. The normalized spacial score (nSPS) is 10.3. The number of nitrogens with two attached hydrogens (primary N) is 2. The van der Waals surface area contributed by atoms with Crippen LogP contribution in [0.2, 0.25) is 0 Å². The van der Waals surface area contributed by atoms with Gasteiger partial charge in [-0.1, -0.05) is 19.9 Å². The quantitative estimate of drug-likeness (QED) is 0.241. The van der Waals surface area contributed by atoms with E-state index in [0.29, 0.717) is 41.0 Å². The molecule has 0 unspecified atom stereocenters. The number of terminal acetylenes is 2. The summed E-state index contributed by atoms with van der Waals surface area (Å²) in [4.78, 5) is 27.4. The minimum absolute atomic E-state index is 0.0847. The summed E-state index contributed by atoms with van der Waals surface area (Å²) in [5, 5.41) is 4.92. The van der Waals surface area contributed by atoms with Gasteiger partial charge in [-0.05, 0) is 44.4 Å². The van der Waals surface area contributed by atoms with Crippen LogP contribution in [-0.4, -0.2) is 56.1 Å². The molecule has 10 nitrogen and oxygen atoms in total. The van der Waals surface area contributed by atoms with Crippen molar-refractivity contribution in [1.29, 1.82) is 0 Å². The molecule has 4 rings (SSSR count). The van der Waals surface area contributed by atoms with Gasteiger partial charge in [0.25, 0.3) is 5.91 Å². The van der Waals surface area contributed by atoms with Crippen LogP contribution >= 0.6 is 0 Å². The third-order valence-corrected chi connectivity index (χ3v) is 5.83. The first-order chi connectivity index (χ1) is 19.6. The minimum Gasteiger partial charge on any atom is -0.494 e. The third kappa shape index (κ3) is 8.37. The largest absolute Gasteiger partial charge is 0.494 e. The Hall–Kier alpha value is -4.74. The van der Waals surface area contributed by atoms with E-state index in [0.717, 1.165) is 18.4 Å². The molecule has 0 radical (unpaired) electrons. The van der Waals surface area contributed by atoms with Gasteiger partial charge in [0.15, 0.2) is 23.0 Å². The monoisotopic (exact) mass is 562 g/mol. The van der Waals surface area contributed by atoms with Crippen molar-refractivity contribution in [3.63, 3.8) is 0 Å². The number of methoxy groups -OCH3 is 1. The molecule has 0 aliphatic heterocycles. The van der Waals surface area contributed by atoms with Gasteiger partial charge >= 0.3 is 0 Å². The molecule has 3 heterocycles. The van der Waals surface area contributed by atoms with Crippen molar-refractivity contribution in [2.75, 3.05) is 26.4 Å². The molecule has 11 heteroatoms. The molecule has 4 aromatic rings. The van der Waals surface area contributed by atoms with Gasteiger partial charge in [-0.15, -0.1) is 30.8 Å². The number of hydrogen-bond acceptors (Lipinski definition) is 8. The van der Waals surface area contributed by atoms with Crippen LogP contribution in [-0.2, 0) is 12.0 Å². The summed E-state index contributed by atoms with van der Waals surface area (Å²) in [6, 6.07) is 6.34. The number of nitrogen functional groups attached to an aromatic ring is 1. The second kappa shape index (κ2) is 15.8. The van der Waals surface area contributed by atoms with Gasteiger partial charge in [-0.2, -0.15) is 4.52 Å². The lowest BCUT2D eigenvalue weighted by Gasteiger charge is -2.20. The lowest BCUT2D eigenvalue weighted by Crippen LogP contribution is -2.30. The van der Waals surface area contributed by atoms with Gasteiger partial charge in [0.1, 0.15) is 5.69 Å². The van der Waals surface area contributed by atoms with Crippen molar-refractivity contribution in [3.8, 4) is 31.4 Å². The van der Waals surface area contributed by atoms with Gasteiger partial charge < -0.3 is 21.1 Å². The van der Waals surface area contributed by atoms with E-state index < -0.39 is 11.4 Å².